The van der Waals surface area contributed by atoms with Crippen LogP contribution in [-0.2, 0) is 0 Å². The molecular formula is C9H9N3OS2. The average Bonchev–Trinajstić information content (AvgIpc) is 2.75. The van der Waals surface area contributed by atoms with Gasteiger partial charge >= 0.3 is 0 Å². The van der Waals surface area contributed by atoms with Gasteiger partial charge in [-0.1, -0.05) is 0 Å². The van der Waals surface area contributed by atoms with Crippen LogP contribution in [0.25, 0.3) is 0 Å². The Morgan fingerprint density at radius 2 is 2.27 bits per heavy atom. The first-order valence-corrected chi connectivity index (χ1v) is 5.97. The normalized spacial score (nSPS) is 10.3. The molecule has 0 radical (unpaired) electrons. The van der Waals surface area contributed by atoms with Crippen molar-refractivity contribution >= 4 is 33.9 Å². The van der Waals surface area contributed by atoms with E-state index in [2.05, 4.69) is 14.7 Å². The summed E-state index contributed by atoms with van der Waals surface area (Å²) in [5.74, 6) is -0.200. The van der Waals surface area contributed by atoms with Gasteiger partial charge in [0.15, 0.2) is 5.13 Å². The summed E-state index contributed by atoms with van der Waals surface area (Å²) < 4.78 is 4.03. The van der Waals surface area contributed by atoms with Gasteiger partial charge in [0.1, 0.15) is 5.69 Å². The largest absolute Gasteiger partial charge is 0.296 e. The Morgan fingerprint density at radius 1 is 1.47 bits per heavy atom. The molecule has 2 aromatic rings. The summed E-state index contributed by atoms with van der Waals surface area (Å²) in [6.45, 7) is 3.81. The Morgan fingerprint density at radius 3 is 2.80 bits per heavy atom. The van der Waals surface area contributed by atoms with Gasteiger partial charge in [-0.25, -0.2) is 4.98 Å². The molecule has 2 heterocycles. The molecule has 4 nitrogen and oxygen atoms in total. The molecule has 0 saturated carbocycles. The number of aromatic nitrogens is 2. The number of nitrogens with zero attached hydrogens (tertiary/aromatic N) is 2. The van der Waals surface area contributed by atoms with Gasteiger partial charge in [-0.05, 0) is 31.4 Å². The summed E-state index contributed by atoms with van der Waals surface area (Å²) in [5, 5.41) is 5.21. The van der Waals surface area contributed by atoms with E-state index >= 15 is 0 Å². The number of rotatable bonds is 2. The van der Waals surface area contributed by atoms with Crippen molar-refractivity contribution in [3.05, 3.63) is 27.7 Å². The van der Waals surface area contributed by atoms with Gasteiger partial charge in [-0.2, -0.15) is 4.37 Å². The molecule has 2 rings (SSSR count). The predicted molar refractivity (Wildman–Crippen MR) is 61.7 cm³/mol. The minimum absolute atomic E-state index is 0.200. The lowest BCUT2D eigenvalue weighted by molar-refractivity contribution is 0.102. The molecule has 0 aliphatic carbocycles. The zero-order chi connectivity index (χ0) is 10.8. The van der Waals surface area contributed by atoms with Crippen molar-refractivity contribution in [3.63, 3.8) is 0 Å². The Balaban J connectivity index is 2.10. The monoisotopic (exact) mass is 239 g/mol. The van der Waals surface area contributed by atoms with Crippen LogP contribution in [0.1, 0.15) is 21.1 Å². The van der Waals surface area contributed by atoms with Gasteiger partial charge in [0.25, 0.3) is 5.91 Å². The van der Waals surface area contributed by atoms with Crippen molar-refractivity contribution in [2.45, 2.75) is 13.8 Å². The van der Waals surface area contributed by atoms with E-state index in [1.165, 1.54) is 22.9 Å². The highest BCUT2D eigenvalue weighted by atomic mass is 32.1. The second-order valence-corrected chi connectivity index (χ2v) is 4.94. The number of aryl methyl sites for hydroxylation is 2. The second-order valence-electron chi connectivity index (χ2n) is 3.07. The van der Waals surface area contributed by atoms with Crippen LogP contribution in [0, 0.1) is 13.8 Å². The maximum atomic E-state index is 11.6. The maximum absolute atomic E-state index is 11.6. The van der Waals surface area contributed by atoms with Crippen LogP contribution in [0.2, 0.25) is 0 Å². The van der Waals surface area contributed by atoms with Crippen molar-refractivity contribution in [3.8, 4) is 0 Å². The average molecular weight is 239 g/mol. The van der Waals surface area contributed by atoms with Crippen LogP contribution >= 0.6 is 22.9 Å². The number of hydrogen-bond acceptors (Lipinski definition) is 5. The standard InChI is InChI=1S/C9H9N3OS2/c1-5-4-14-9(10-5)11-8(13)7-3-6(2)15-12-7/h3-4H,1-2H3,(H,10,11,13). The van der Waals surface area contributed by atoms with Gasteiger partial charge in [0.05, 0.1) is 5.69 Å². The van der Waals surface area contributed by atoms with Crippen LogP contribution < -0.4 is 5.32 Å². The summed E-state index contributed by atoms with van der Waals surface area (Å²) in [6, 6.07) is 1.76. The van der Waals surface area contributed by atoms with E-state index in [0.29, 0.717) is 10.8 Å². The molecule has 0 aromatic carbocycles. The van der Waals surface area contributed by atoms with Gasteiger partial charge in [0.2, 0.25) is 0 Å². The molecular weight excluding hydrogens is 230 g/mol. The molecule has 0 saturated heterocycles. The lowest BCUT2D eigenvalue weighted by Gasteiger charge is -1.96. The Labute approximate surface area is 95.2 Å². The quantitative estimate of drug-likeness (QED) is 0.875. The molecule has 1 amide bonds. The minimum atomic E-state index is -0.200. The third kappa shape index (κ3) is 2.40. The summed E-state index contributed by atoms with van der Waals surface area (Å²) in [4.78, 5) is 16.8. The molecule has 78 valence electrons. The number of thiazole rings is 1. The van der Waals surface area contributed by atoms with Gasteiger partial charge in [-0.15, -0.1) is 11.3 Å². The number of hydrogen-bond donors (Lipinski definition) is 1. The molecule has 0 atom stereocenters. The fourth-order valence-electron chi connectivity index (χ4n) is 1.05. The Kier molecular flexibility index (Phi) is 2.79. The first-order chi connectivity index (χ1) is 7.15. The SMILES string of the molecule is Cc1csc(NC(=O)c2cc(C)sn2)n1. The highest BCUT2D eigenvalue weighted by Gasteiger charge is 2.10. The molecule has 15 heavy (non-hydrogen) atoms. The molecule has 1 N–H and O–H groups in total. The molecule has 0 spiro atoms. The first kappa shape index (κ1) is 10.3. The fraction of sp³-hybridized carbons (Fsp3) is 0.222. The number of carbonyl (C=O) groups excluding carboxylic acids is 1. The molecule has 0 aliphatic rings. The van der Waals surface area contributed by atoms with Crippen molar-refractivity contribution in [1.29, 1.82) is 0 Å². The lowest BCUT2D eigenvalue weighted by atomic mass is 10.4. The van der Waals surface area contributed by atoms with E-state index in [0.717, 1.165) is 10.6 Å². The molecule has 0 aliphatic heterocycles. The van der Waals surface area contributed by atoms with Crippen LogP contribution in [-0.4, -0.2) is 15.3 Å². The molecule has 0 fully saturated rings. The van der Waals surface area contributed by atoms with E-state index in [1.807, 2.05) is 19.2 Å². The minimum Gasteiger partial charge on any atom is -0.296 e. The zero-order valence-electron chi connectivity index (χ0n) is 8.27. The van der Waals surface area contributed by atoms with Crippen LogP contribution in [0.4, 0.5) is 5.13 Å². The highest BCUT2D eigenvalue weighted by Crippen LogP contribution is 2.16. The smallest absolute Gasteiger partial charge is 0.277 e. The fourth-order valence-corrected chi connectivity index (χ4v) is 2.27. The molecule has 0 bridgehead atoms. The summed E-state index contributed by atoms with van der Waals surface area (Å²) in [7, 11) is 0. The third-order valence-corrected chi connectivity index (χ3v) is 3.27. The predicted octanol–water partition coefficient (Wildman–Crippen LogP) is 2.47. The van der Waals surface area contributed by atoms with Crippen LogP contribution in [0.3, 0.4) is 0 Å². The van der Waals surface area contributed by atoms with Gasteiger partial charge < -0.3 is 0 Å². The first-order valence-electron chi connectivity index (χ1n) is 4.32. The summed E-state index contributed by atoms with van der Waals surface area (Å²) in [6.07, 6.45) is 0. The topological polar surface area (TPSA) is 54.9 Å². The van der Waals surface area contributed by atoms with E-state index in [1.54, 1.807) is 6.07 Å². The van der Waals surface area contributed by atoms with E-state index in [-0.39, 0.29) is 5.91 Å². The zero-order valence-corrected chi connectivity index (χ0v) is 9.91. The van der Waals surface area contributed by atoms with Gasteiger partial charge in [-0.3, -0.25) is 10.1 Å². The van der Waals surface area contributed by atoms with Crippen molar-refractivity contribution in [2.24, 2.45) is 0 Å². The molecule has 6 heteroatoms. The van der Waals surface area contributed by atoms with Crippen molar-refractivity contribution in [2.75, 3.05) is 5.32 Å². The Bertz CT molecular complexity index is 489. The van der Waals surface area contributed by atoms with Gasteiger partial charge in [0, 0.05) is 10.3 Å². The van der Waals surface area contributed by atoms with E-state index < -0.39 is 0 Å². The Hall–Kier alpha value is -1.27. The number of anilines is 1. The summed E-state index contributed by atoms with van der Waals surface area (Å²) in [5.41, 5.74) is 1.36. The maximum Gasteiger partial charge on any atom is 0.277 e. The highest BCUT2D eigenvalue weighted by molar-refractivity contribution is 7.14. The van der Waals surface area contributed by atoms with Crippen molar-refractivity contribution in [1.82, 2.24) is 9.36 Å². The van der Waals surface area contributed by atoms with E-state index in [9.17, 15) is 4.79 Å². The number of amides is 1. The molecule has 2 aromatic heterocycles. The number of carbonyl (C=O) groups is 1. The molecule has 0 unspecified atom stereocenters. The van der Waals surface area contributed by atoms with E-state index in [4.69, 9.17) is 0 Å². The number of nitrogens with one attached hydrogen (secondary N) is 1. The van der Waals surface area contributed by atoms with Crippen LogP contribution in [0.5, 0.6) is 0 Å². The van der Waals surface area contributed by atoms with Crippen LogP contribution in [0.15, 0.2) is 11.4 Å². The third-order valence-electron chi connectivity index (χ3n) is 1.70. The lowest BCUT2D eigenvalue weighted by Crippen LogP contribution is -2.11. The van der Waals surface area contributed by atoms with Crippen molar-refractivity contribution < 1.29 is 4.79 Å². The summed E-state index contributed by atoms with van der Waals surface area (Å²) >= 11 is 2.73. The second kappa shape index (κ2) is 4.08.